The molecule has 1 aromatic rings. The van der Waals surface area contributed by atoms with E-state index in [9.17, 15) is 9.90 Å². The van der Waals surface area contributed by atoms with Crippen LogP contribution in [0, 0.1) is 5.92 Å². The zero-order valence-electron chi connectivity index (χ0n) is 10.4. The molecule has 2 heterocycles. The Kier molecular flexibility index (Phi) is 3.72. The van der Waals surface area contributed by atoms with Gasteiger partial charge in [0.15, 0.2) is 5.82 Å². The predicted molar refractivity (Wildman–Crippen MR) is 69.9 cm³/mol. The highest BCUT2D eigenvalue weighted by atomic mass is 32.1. The first-order valence-corrected chi connectivity index (χ1v) is 6.58. The molecule has 1 aromatic heterocycles. The van der Waals surface area contributed by atoms with Gasteiger partial charge in [-0.15, -0.1) is 0 Å². The van der Waals surface area contributed by atoms with E-state index in [0.29, 0.717) is 25.1 Å². The van der Waals surface area contributed by atoms with E-state index in [1.807, 2.05) is 11.8 Å². The Morgan fingerprint density at radius 3 is 3.00 bits per heavy atom. The maximum atomic E-state index is 11.7. The van der Waals surface area contributed by atoms with Gasteiger partial charge in [-0.25, -0.2) is 4.79 Å². The lowest BCUT2D eigenvalue weighted by Crippen LogP contribution is -2.42. The maximum Gasteiger partial charge on any atom is 0.344 e. The van der Waals surface area contributed by atoms with Crippen molar-refractivity contribution in [2.24, 2.45) is 5.92 Å². The van der Waals surface area contributed by atoms with Gasteiger partial charge in [0.05, 0.1) is 13.2 Å². The van der Waals surface area contributed by atoms with E-state index in [1.54, 1.807) is 0 Å². The van der Waals surface area contributed by atoms with Crippen LogP contribution in [0.5, 0.6) is 0 Å². The molecule has 0 saturated carbocycles. The van der Waals surface area contributed by atoms with Crippen LogP contribution in [0.2, 0.25) is 0 Å². The molecule has 7 heteroatoms. The van der Waals surface area contributed by atoms with Gasteiger partial charge in [-0.2, -0.15) is 4.37 Å². The minimum absolute atomic E-state index is 0.160. The Labute approximate surface area is 110 Å². The summed E-state index contributed by atoms with van der Waals surface area (Å²) in [6.45, 7) is 3.36. The van der Waals surface area contributed by atoms with E-state index < -0.39 is 5.97 Å². The van der Waals surface area contributed by atoms with E-state index in [2.05, 4.69) is 4.37 Å². The minimum atomic E-state index is -0.463. The quantitative estimate of drug-likeness (QED) is 0.770. The highest BCUT2D eigenvalue weighted by Crippen LogP contribution is 2.33. The number of nitrogens with two attached hydrogens (primary N) is 1. The van der Waals surface area contributed by atoms with Crippen LogP contribution >= 0.6 is 11.5 Å². The van der Waals surface area contributed by atoms with Crippen LogP contribution in [-0.4, -0.2) is 41.8 Å². The number of aliphatic hydroxyl groups excluding tert-OH is 1. The molecular weight excluding hydrogens is 254 g/mol. The molecule has 100 valence electrons. The van der Waals surface area contributed by atoms with Gasteiger partial charge in [-0.1, -0.05) is 6.92 Å². The smallest absolute Gasteiger partial charge is 0.344 e. The molecule has 0 aromatic carbocycles. The molecule has 2 rings (SSSR count). The van der Waals surface area contributed by atoms with Gasteiger partial charge in [-0.3, -0.25) is 0 Å². The Hall–Kier alpha value is -1.34. The Morgan fingerprint density at radius 1 is 1.67 bits per heavy atom. The first-order valence-electron chi connectivity index (χ1n) is 5.81. The fraction of sp³-hybridized carbons (Fsp3) is 0.636. The fourth-order valence-corrected chi connectivity index (χ4v) is 2.96. The van der Waals surface area contributed by atoms with Gasteiger partial charge in [0.2, 0.25) is 0 Å². The number of aliphatic hydroxyl groups is 1. The number of ether oxygens (including phenoxy) is 1. The second-order valence-electron chi connectivity index (χ2n) is 4.52. The second-order valence-corrected chi connectivity index (χ2v) is 5.27. The molecule has 1 fully saturated rings. The molecule has 1 aliphatic heterocycles. The van der Waals surface area contributed by atoms with Crippen LogP contribution in [0.4, 0.5) is 10.8 Å². The van der Waals surface area contributed by atoms with E-state index in [-0.39, 0.29) is 17.8 Å². The fourth-order valence-electron chi connectivity index (χ4n) is 2.12. The molecule has 0 amide bonds. The van der Waals surface area contributed by atoms with E-state index in [4.69, 9.17) is 10.5 Å². The molecule has 0 bridgehead atoms. The molecule has 1 aliphatic rings. The molecule has 0 radical (unpaired) electrons. The first kappa shape index (κ1) is 13.1. The van der Waals surface area contributed by atoms with Crippen LogP contribution in [0.25, 0.3) is 0 Å². The second kappa shape index (κ2) is 5.11. The summed E-state index contributed by atoms with van der Waals surface area (Å²) in [5.74, 6) is -0.0942. The van der Waals surface area contributed by atoms with Crippen LogP contribution in [0.1, 0.15) is 23.7 Å². The number of hydrogen-bond donors (Lipinski definition) is 2. The Morgan fingerprint density at radius 2 is 2.39 bits per heavy atom. The third kappa shape index (κ3) is 2.28. The summed E-state index contributed by atoms with van der Waals surface area (Å²) in [6.07, 6.45) is 0.396. The number of anilines is 2. The van der Waals surface area contributed by atoms with Crippen molar-refractivity contribution in [3.05, 3.63) is 5.56 Å². The third-order valence-electron chi connectivity index (χ3n) is 3.24. The Balaban J connectivity index is 2.26. The lowest BCUT2D eigenvalue weighted by Gasteiger charge is -2.35. The van der Waals surface area contributed by atoms with Crippen molar-refractivity contribution in [1.29, 1.82) is 0 Å². The van der Waals surface area contributed by atoms with Crippen molar-refractivity contribution in [1.82, 2.24) is 4.37 Å². The standard InChI is InChI=1S/C11H17N3O3S/c1-6-5-14(4-3-7(6)15)10-8(11(16)17-2)9(12)13-18-10/h6-7,15H,3-5H2,1-2H3,(H2,12,13). The number of nitrogens with zero attached hydrogens (tertiary/aromatic N) is 2. The molecule has 1 saturated heterocycles. The maximum absolute atomic E-state index is 11.7. The van der Waals surface area contributed by atoms with Crippen LogP contribution < -0.4 is 10.6 Å². The number of methoxy groups -OCH3 is 1. The number of piperidine rings is 1. The summed E-state index contributed by atoms with van der Waals surface area (Å²) in [7, 11) is 1.33. The highest BCUT2D eigenvalue weighted by Gasteiger charge is 2.30. The predicted octanol–water partition coefficient (Wildman–Crippen LogP) is 0.719. The van der Waals surface area contributed by atoms with Gasteiger partial charge in [0, 0.05) is 13.1 Å². The number of nitrogen functional groups attached to an aromatic ring is 1. The highest BCUT2D eigenvalue weighted by molar-refractivity contribution is 7.11. The molecule has 2 unspecified atom stereocenters. The average molecular weight is 271 g/mol. The lowest BCUT2D eigenvalue weighted by atomic mass is 9.97. The van der Waals surface area contributed by atoms with Gasteiger partial charge in [-0.05, 0) is 23.9 Å². The van der Waals surface area contributed by atoms with Crippen molar-refractivity contribution in [3.63, 3.8) is 0 Å². The number of aromatic nitrogens is 1. The van der Waals surface area contributed by atoms with E-state index in [1.165, 1.54) is 18.6 Å². The van der Waals surface area contributed by atoms with Gasteiger partial charge in [0.1, 0.15) is 10.6 Å². The average Bonchev–Trinajstić information content (AvgIpc) is 2.74. The summed E-state index contributed by atoms with van der Waals surface area (Å²) in [6, 6.07) is 0. The van der Waals surface area contributed by atoms with Crippen molar-refractivity contribution >= 4 is 28.3 Å². The third-order valence-corrected chi connectivity index (χ3v) is 4.16. The van der Waals surface area contributed by atoms with Crippen molar-refractivity contribution in [2.75, 3.05) is 30.8 Å². The van der Waals surface area contributed by atoms with Crippen LogP contribution in [-0.2, 0) is 4.74 Å². The number of hydrogen-bond acceptors (Lipinski definition) is 7. The Bertz CT molecular complexity index is 449. The summed E-state index contributed by atoms with van der Waals surface area (Å²) in [5, 5.41) is 10.5. The van der Waals surface area contributed by atoms with E-state index in [0.717, 1.165) is 5.00 Å². The van der Waals surface area contributed by atoms with Gasteiger partial charge in [0.25, 0.3) is 0 Å². The number of rotatable bonds is 2. The zero-order chi connectivity index (χ0) is 13.3. The van der Waals surface area contributed by atoms with Crippen molar-refractivity contribution < 1.29 is 14.6 Å². The molecular formula is C11H17N3O3S. The molecule has 2 atom stereocenters. The largest absolute Gasteiger partial charge is 0.465 e. The number of carbonyl (C=O) groups is 1. The molecule has 3 N–H and O–H groups in total. The molecule has 0 aliphatic carbocycles. The number of esters is 1. The molecule has 0 spiro atoms. The van der Waals surface area contributed by atoms with Gasteiger partial charge < -0.3 is 20.5 Å². The SMILES string of the molecule is COC(=O)c1c(N)nsc1N1CCC(O)C(C)C1. The monoisotopic (exact) mass is 271 g/mol. The lowest BCUT2D eigenvalue weighted by molar-refractivity contribution is 0.0602. The van der Waals surface area contributed by atoms with E-state index >= 15 is 0 Å². The summed E-state index contributed by atoms with van der Waals surface area (Å²) in [5.41, 5.74) is 6.05. The van der Waals surface area contributed by atoms with Crippen molar-refractivity contribution in [2.45, 2.75) is 19.4 Å². The normalized spacial score (nSPS) is 24.1. The molecule has 6 nitrogen and oxygen atoms in total. The summed E-state index contributed by atoms with van der Waals surface area (Å²) < 4.78 is 8.75. The molecule has 18 heavy (non-hydrogen) atoms. The summed E-state index contributed by atoms with van der Waals surface area (Å²) in [4.78, 5) is 13.7. The first-order chi connectivity index (χ1) is 8.54. The van der Waals surface area contributed by atoms with Crippen molar-refractivity contribution in [3.8, 4) is 0 Å². The summed E-state index contributed by atoms with van der Waals surface area (Å²) >= 11 is 1.20. The van der Waals surface area contributed by atoms with Gasteiger partial charge >= 0.3 is 5.97 Å². The number of carbonyl (C=O) groups excluding carboxylic acids is 1. The van der Waals surface area contributed by atoms with Crippen LogP contribution in [0.3, 0.4) is 0 Å². The topological polar surface area (TPSA) is 88.7 Å². The zero-order valence-corrected chi connectivity index (χ0v) is 11.2. The van der Waals surface area contributed by atoms with Crippen LogP contribution in [0.15, 0.2) is 0 Å². The minimum Gasteiger partial charge on any atom is -0.465 e.